The Balaban J connectivity index is 1.60. The normalized spacial score (nSPS) is 10.6. The van der Waals surface area contributed by atoms with E-state index in [1.165, 1.54) is 24.3 Å². The maximum absolute atomic E-state index is 13.4. The average molecular weight is 363 g/mol. The summed E-state index contributed by atoms with van der Waals surface area (Å²) in [7, 11) is 0. The van der Waals surface area contributed by atoms with Crippen LogP contribution in [0.15, 0.2) is 42.5 Å². The minimum absolute atomic E-state index is 0.0470. The number of ether oxygens (including phenoxy) is 1. The fourth-order valence-corrected chi connectivity index (χ4v) is 2.07. The van der Waals surface area contributed by atoms with Gasteiger partial charge in [-0.25, -0.2) is 13.2 Å². The first kappa shape index (κ1) is 17.4. The first-order valence-corrected chi connectivity index (χ1v) is 7.41. The van der Waals surface area contributed by atoms with E-state index in [-0.39, 0.29) is 23.8 Å². The van der Waals surface area contributed by atoms with Gasteiger partial charge < -0.3 is 10.1 Å². The van der Waals surface area contributed by atoms with Gasteiger partial charge in [-0.3, -0.25) is 4.79 Å². The number of carbonyl (C=O) groups is 1. The second-order valence-corrected chi connectivity index (χ2v) is 5.10. The van der Waals surface area contributed by atoms with Crippen molar-refractivity contribution in [3.63, 3.8) is 0 Å². The number of nitrogens with zero attached hydrogens (tertiary/aromatic N) is 4. The van der Waals surface area contributed by atoms with Crippen molar-refractivity contribution < 1.29 is 22.7 Å². The quantitative estimate of drug-likeness (QED) is 0.722. The molecule has 0 saturated heterocycles. The summed E-state index contributed by atoms with van der Waals surface area (Å²) >= 11 is 0. The topological polar surface area (TPSA) is 81.9 Å². The number of rotatable bonds is 6. The molecule has 0 saturated carbocycles. The summed E-state index contributed by atoms with van der Waals surface area (Å²) in [5, 5.41) is 13.3. The summed E-state index contributed by atoms with van der Waals surface area (Å²) < 4.78 is 46.0. The largest absolute Gasteiger partial charge is 0.481 e. The minimum atomic E-state index is -1.05. The zero-order chi connectivity index (χ0) is 18.5. The highest BCUT2D eigenvalue weighted by molar-refractivity contribution is 5.77. The highest BCUT2D eigenvalue weighted by Crippen LogP contribution is 2.15. The number of hydrogen-bond donors (Lipinski definition) is 1. The molecule has 0 atom stereocenters. The fourth-order valence-electron chi connectivity index (χ4n) is 2.07. The SMILES string of the molecule is O=C(COc1ccccc1F)NCc1nnnn1-c1ccc(F)c(F)c1. The molecule has 3 rings (SSSR count). The third-order valence-corrected chi connectivity index (χ3v) is 3.32. The molecule has 134 valence electrons. The van der Waals surface area contributed by atoms with Crippen LogP contribution < -0.4 is 10.1 Å². The minimum Gasteiger partial charge on any atom is -0.481 e. The molecule has 0 aliphatic heterocycles. The van der Waals surface area contributed by atoms with Gasteiger partial charge in [0.15, 0.2) is 35.6 Å². The van der Waals surface area contributed by atoms with Gasteiger partial charge in [0, 0.05) is 6.07 Å². The van der Waals surface area contributed by atoms with Crippen molar-refractivity contribution in [1.29, 1.82) is 0 Å². The van der Waals surface area contributed by atoms with Crippen LogP contribution in [0.25, 0.3) is 5.69 Å². The third-order valence-electron chi connectivity index (χ3n) is 3.32. The van der Waals surface area contributed by atoms with Crippen molar-refractivity contribution >= 4 is 5.91 Å². The fraction of sp³-hybridized carbons (Fsp3) is 0.125. The molecule has 3 aromatic rings. The smallest absolute Gasteiger partial charge is 0.258 e. The number of para-hydroxylation sites is 1. The Morgan fingerprint density at radius 2 is 1.88 bits per heavy atom. The summed E-state index contributed by atoms with van der Waals surface area (Å²) in [5.41, 5.74) is 0.195. The van der Waals surface area contributed by atoms with Gasteiger partial charge in [0.1, 0.15) is 0 Å². The van der Waals surface area contributed by atoms with Crippen molar-refractivity contribution in [2.24, 2.45) is 0 Å². The van der Waals surface area contributed by atoms with Crippen molar-refractivity contribution in [2.45, 2.75) is 6.54 Å². The summed E-state index contributed by atoms with van der Waals surface area (Å²) in [6.45, 7) is -0.501. The standard InChI is InChI=1S/C16H12F3N5O2/c17-11-6-5-10(7-13(11)19)24-15(21-22-23-24)8-20-16(25)9-26-14-4-2-1-3-12(14)18/h1-7H,8-9H2,(H,20,25). The molecular weight excluding hydrogens is 351 g/mol. The van der Waals surface area contributed by atoms with Crippen LogP contribution in [0, 0.1) is 17.5 Å². The number of carbonyl (C=O) groups excluding carboxylic acids is 1. The Hall–Kier alpha value is -3.43. The Morgan fingerprint density at radius 3 is 2.65 bits per heavy atom. The second-order valence-electron chi connectivity index (χ2n) is 5.10. The molecule has 2 aromatic carbocycles. The van der Waals surface area contributed by atoms with Crippen LogP contribution in [0.2, 0.25) is 0 Å². The monoisotopic (exact) mass is 363 g/mol. The molecule has 0 bridgehead atoms. The molecule has 0 fully saturated rings. The first-order chi connectivity index (χ1) is 12.5. The number of aromatic nitrogens is 4. The molecule has 7 nitrogen and oxygen atoms in total. The Morgan fingerprint density at radius 1 is 1.08 bits per heavy atom. The number of benzene rings is 2. The lowest BCUT2D eigenvalue weighted by Gasteiger charge is -2.08. The van der Waals surface area contributed by atoms with Crippen LogP contribution in [0.4, 0.5) is 13.2 Å². The summed E-state index contributed by atoms with van der Waals surface area (Å²) in [5.74, 6) is -3.02. The van der Waals surface area contributed by atoms with Crippen LogP contribution in [0.3, 0.4) is 0 Å². The third kappa shape index (κ3) is 3.97. The van der Waals surface area contributed by atoms with E-state index >= 15 is 0 Å². The Bertz CT molecular complexity index is 932. The van der Waals surface area contributed by atoms with E-state index in [0.29, 0.717) is 0 Å². The van der Waals surface area contributed by atoms with Crippen molar-refractivity contribution in [3.8, 4) is 11.4 Å². The lowest BCUT2D eigenvalue weighted by atomic mass is 10.3. The molecule has 0 spiro atoms. The zero-order valence-electron chi connectivity index (χ0n) is 13.2. The maximum Gasteiger partial charge on any atom is 0.258 e. The molecule has 0 unspecified atom stereocenters. The Labute approximate surface area is 145 Å². The average Bonchev–Trinajstić information content (AvgIpc) is 3.10. The van der Waals surface area contributed by atoms with Crippen LogP contribution in [-0.4, -0.2) is 32.7 Å². The lowest BCUT2D eigenvalue weighted by Crippen LogP contribution is -2.29. The van der Waals surface area contributed by atoms with Crippen molar-refractivity contribution in [1.82, 2.24) is 25.5 Å². The molecule has 1 aromatic heterocycles. The van der Waals surface area contributed by atoms with E-state index in [0.717, 1.165) is 16.8 Å². The number of hydrogen-bond acceptors (Lipinski definition) is 5. The number of nitrogens with one attached hydrogen (secondary N) is 1. The van der Waals surface area contributed by atoms with E-state index < -0.39 is 30.0 Å². The van der Waals surface area contributed by atoms with Crippen LogP contribution in [0.1, 0.15) is 5.82 Å². The predicted octanol–water partition coefficient (Wildman–Crippen LogP) is 1.77. The Kier molecular flexibility index (Phi) is 5.11. The number of tetrazole rings is 1. The van der Waals surface area contributed by atoms with Gasteiger partial charge in [0.05, 0.1) is 12.2 Å². The molecule has 0 radical (unpaired) electrons. The highest BCUT2D eigenvalue weighted by atomic mass is 19.2. The van der Waals surface area contributed by atoms with Gasteiger partial charge >= 0.3 is 0 Å². The molecule has 1 heterocycles. The van der Waals surface area contributed by atoms with Crippen molar-refractivity contribution in [3.05, 3.63) is 65.7 Å². The van der Waals surface area contributed by atoms with E-state index in [1.807, 2.05) is 0 Å². The van der Waals surface area contributed by atoms with Gasteiger partial charge in [-0.1, -0.05) is 12.1 Å². The van der Waals surface area contributed by atoms with Gasteiger partial charge in [-0.15, -0.1) is 5.10 Å². The molecule has 26 heavy (non-hydrogen) atoms. The number of amides is 1. The van der Waals surface area contributed by atoms with Crippen LogP contribution in [-0.2, 0) is 11.3 Å². The molecule has 1 N–H and O–H groups in total. The van der Waals surface area contributed by atoms with Crippen molar-refractivity contribution in [2.75, 3.05) is 6.61 Å². The second kappa shape index (κ2) is 7.64. The molecular formula is C16H12F3N5O2. The maximum atomic E-state index is 13.4. The van der Waals surface area contributed by atoms with E-state index in [1.54, 1.807) is 6.07 Å². The zero-order valence-corrected chi connectivity index (χ0v) is 13.2. The van der Waals surface area contributed by atoms with E-state index in [4.69, 9.17) is 4.74 Å². The van der Waals surface area contributed by atoms with E-state index in [2.05, 4.69) is 20.8 Å². The molecule has 0 aliphatic carbocycles. The lowest BCUT2D eigenvalue weighted by molar-refractivity contribution is -0.123. The highest BCUT2D eigenvalue weighted by Gasteiger charge is 2.13. The van der Waals surface area contributed by atoms with Crippen LogP contribution in [0.5, 0.6) is 5.75 Å². The summed E-state index contributed by atoms with van der Waals surface area (Å²) in [4.78, 5) is 11.8. The summed E-state index contributed by atoms with van der Waals surface area (Å²) in [6, 6.07) is 8.85. The first-order valence-electron chi connectivity index (χ1n) is 7.41. The van der Waals surface area contributed by atoms with E-state index in [9.17, 15) is 18.0 Å². The number of halogens is 3. The molecule has 10 heteroatoms. The molecule has 0 aliphatic rings. The molecule has 1 amide bonds. The van der Waals surface area contributed by atoms with Gasteiger partial charge in [-0.2, -0.15) is 4.68 Å². The summed E-state index contributed by atoms with van der Waals surface area (Å²) in [6.07, 6.45) is 0. The predicted molar refractivity (Wildman–Crippen MR) is 82.8 cm³/mol. The van der Waals surface area contributed by atoms with Gasteiger partial charge in [-0.05, 0) is 34.7 Å². The van der Waals surface area contributed by atoms with Gasteiger partial charge in [0.25, 0.3) is 5.91 Å². The van der Waals surface area contributed by atoms with Crippen LogP contribution >= 0.6 is 0 Å². The van der Waals surface area contributed by atoms with Gasteiger partial charge in [0.2, 0.25) is 0 Å².